The number of para-hydroxylation sites is 4. The predicted octanol–water partition coefficient (Wildman–Crippen LogP) is 5.89. The second-order valence-electron chi connectivity index (χ2n) is 7.55. The summed E-state index contributed by atoms with van der Waals surface area (Å²) >= 11 is 0. The van der Waals surface area contributed by atoms with Crippen molar-refractivity contribution in [2.24, 2.45) is 0 Å². The molecule has 0 unspecified atom stereocenters. The second kappa shape index (κ2) is 7.26. The maximum atomic E-state index is 5.01. The molecule has 4 nitrogen and oxygen atoms in total. The molecule has 0 amide bonds. The van der Waals surface area contributed by atoms with Crippen molar-refractivity contribution in [3.05, 3.63) is 115 Å². The van der Waals surface area contributed by atoms with Crippen LogP contribution in [0, 0.1) is 6.33 Å². The first-order chi connectivity index (χ1) is 15.4. The largest absolute Gasteiger partial charge is 0.319 e. The van der Waals surface area contributed by atoms with Crippen molar-refractivity contribution in [2.75, 3.05) is 0 Å². The average Bonchev–Trinajstić information content (AvgIpc) is 3.42. The fourth-order valence-corrected chi connectivity index (χ4v) is 4.14. The Morgan fingerprint density at radius 2 is 1.39 bits per heavy atom. The van der Waals surface area contributed by atoms with E-state index in [1.807, 2.05) is 34.9 Å². The number of aromatic nitrogens is 4. The van der Waals surface area contributed by atoms with E-state index in [2.05, 4.69) is 88.7 Å². The molecule has 0 aliphatic heterocycles. The van der Waals surface area contributed by atoms with Gasteiger partial charge in [-0.2, -0.15) is 0 Å². The van der Waals surface area contributed by atoms with Crippen LogP contribution in [-0.2, 0) is 6.54 Å². The third-order valence-corrected chi connectivity index (χ3v) is 5.61. The Morgan fingerprint density at radius 1 is 0.677 bits per heavy atom. The van der Waals surface area contributed by atoms with Crippen molar-refractivity contribution in [1.29, 1.82) is 0 Å². The van der Waals surface area contributed by atoms with E-state index in [0.29, 0.717) is 0 Å². The molecule has 0 bridgehead atoms. The Kier molecular flexibility index (Phi) is 4.13. The molecule has 0 aliphatic carbocycles. The Balaban J connectivity index is 1.57. The number of fused-ring (bicyclic) bond motifs is 2. The van der Waals surface area contributed by atoms with E-state index >= 15 is 0 Å². The minimum Gasteiger partial charge on any atom is -0.319 e. The van der Waals surface area contributed by atoms with E-state index in [4.69, 9.17) is 4.98 Å². The normalized spacial score (nSPS) is 11.4. The molecule has 0 spiro atoms. The van der Waals surface area contributed by atoms with Crippen molar-refractivity contribution in [2.45, 2.75) is 6.54 Å². The lowest BCUT2D eigenvalue weighted by atomic mass is 10.1. The topological polar surface area (TPSA) is 35.6 Å². The van der Waals surface area contributed by atoms with Crippen molar-refractivity contribution in [3.8, 4) is 17.1 Å². The van der Waals surface area contributed by atoms with E-state index in [-0.39, 0.29) is 0 Å². The predicted molar refractivity (Wildman–Crippen MR) is 124 cm³/mol. The average molecular weight is 399 g/mol. The van der Waals surface area contributed by atoms with Crippen LogP contribution in [0.1, 0.15) is 5.56 Å². The summed E-state index contributed by atoms with van der Waals surface area (Å²) in [5, 5.41) is 0. The summed E-state index contributed by atoms with van der Waals surface area (Å²) in [6, 6.07) is 35.2. The molecular weight excluding hydrogens is 380 g/mol. The smallest absolute Gasteiger partial charge is 0.182 e. The number of hydrogen-bond donors (Lipinski definition) is 0. The lowest BCUT2D eigenvalue weighted by molar-refractivity contribution is 0.835. The van der Waals surface area contributed by atoms with Gasteiger partial charge in [0, 0.05) is 17.8 Å². The highest BCUT2D eigenvalue weighted by Crippen LogP contribution is 2.31. The highest BCUT2D eigenvalue weighted by atomic mass is 15.1. The maximum absolute atomic E-state index is 5.01. The molecule has 0 fully saturated rings. The van der Waals surface area contributed by atoms with Gasteiger partial charge in [-0.05, 0) is 42.0 Å². The quantitative estimate of drug-likeness (QED) is 0.370. The zero-order valence-corrected chi connectivity index (χ0v) is 16.8. The van der Waals surface area contributed by atoms with Gasteiger partial charge in [0.2, 0.25) is 0 Å². The van der Waals surface area contributed by atoms with Crippen LogP contribution in [0.25, 0.3) is 39.1 Å². The number of imidazole rings is 2. The molecule has 0 aliphatic rings. The molecule has 1 radical (unpaired) electrons. The van der Waals surface area contributed by atoms with Crippen LogP contribution in [0.3, 0.4) is 0 Å². The summed E-state index contributed by atoms with van der Waals surface area (Å²) in [4.78, 5) is 9.69. The summed E-state index contributed by atoms with van der Waals surface area (Å²) in [5.41, 5.74) is 7.30. The molecule has 147 valence electrons. The zero-order valence-electron chi connectivity index (χ0n) is 16.8. The van der Waals surface area contributed by atoms with Gasteiger partial charge in [-0.1, -0.05) is 66.7 Å². The van der Waals surface area contributed by atoms with Crippen LogP contribution < -0.4 is 0 Å². The SMILES string of the molecule is [c]1nc2c(-c3nc4ccccc4n3Cc3ccccc3)cccc2n1-c1ccccc1. The monoisotopic (exact) mass is 399 g/mol. The summed E-state index contributed by atoms with van der Waals surface area (Å²) in [6.45, 7) is 0.746. The minimum absolute atomic E-state index is 0.746. The van der Waals surface area contributed by atoms with Gasteiger partial charge in [0.25, 0.3) is 0 Å². The first-order valence-corrected chi connectivity index (χ1v) is 10.3. The van der Waals surface area contributed by atoms with Gasteiger partial charge in [0.05, 0.1) is 16.6 Å². The van der Waals surface area contributed by atoms with E-state index < -0.39 is 0 Å². The van der Waals surface area contributed by atoms with Crippen LogP contribution >= 0.6 is 0 Å². The lowest BCUT2D eigenvalue weighted by Gasteiger charge is -2.10. The maximum Gasteiger partial charge on any atom is 0.182 e. The highest BCUT2D eigenvalue weighted by Gasteiger charge is 2.17. The summed E-state index contributed by atoms with van der Waals surface area (Å²) < 4.78 is 4.28. The van der Waals surface area contributed by atoms with Crippen molar-refractivity contribution < 1.29 is 0 Å². The first kappa shape index (κ1) is 17.7. The summed E-state index contributed by atoms with van der Waals surface area (Å²) in [6.07, 6.45) is 3.17. The number of rotatable bonds is 4. The van der Waals surface area contributed by atoms with Crippen LogP contribution in [-0.4, -0.2) is 19.1 Å². The van der Waals surface area contributed by atoms with Gasteiger partial charge < -0.3 is 4.57 Å². The van der Waals surface area contributed by atoms with Crippen LogP contribution in [0.2, 0.25) is 0 Å². The molecule has 0 saturated heterocycles. The highest BCUT2D eigenvalue weighted by molar-refractivity contribution is 5.93. The molecule has 0 atom stereocenters. The summed E-state index contributed by atoms with van der Waals surface area (Å²) in [7, 11) is 0. The summed E-state index contributed by atoms with van der Waals surface area (Å²) in [5.74, 6) is 0.919. The Labute approximate surface area is 180 Å². The fraction of sp³-hybridized carbons (Fsp3) is 0.0370. The Bertz CT molecular complexity index is 1490. The van der Waals surface area contributed by atoms with Crippen molar-refractivity contribution in [1.82, 2.24) is 19.1 Å². The number of hydrogen-bond acceptors (Lipinski definition) is 2. The van der Waals surface area contributed by atoms with E-state index in [0.717, 1.165) is 45.7 Å². The van der Waals surface area contributed by atoms with Gasteiger partial charge in [0.1, 0.15) is 11.3 Å². The molecule has 6 rings (SSSR count). The standard InChI is InChI=1S/C27H19N4/c1-3-10-20(11-4-1)18-30-24-16-8-7-15-23(24)29-27(30)22-14-9-17-25-26(22)28-19-31(25)21-12-5-2-6-13-21/h1-17H,18H2. The van der Waals surface area contributed by atoms with E-state index in [1.165, 1.54) is 5.56 Å². The lowest BCUT2D eigenvalue weighted by Crippen LogP contribution is -2.02. The van der Waals surface area contributed by atoms with Crippen molar-refractivity contribution in [3.63, 3.8) is 0 Å². The molecule has 0 N–H and O–H groups in total. The van der Waals surface area contributed by atoms with Gasteiger partial charge >= 0.3 is 0 Å². The molecule has 0 saturated carbocycles. The van der Waals surface area contributed by atoms with Crippen LogP contribution in [0.4, 0.5) is 0 Å². The minimum atomic E-state index is 0.746. The third kappa shape index (κ3) is 3.01. The van der Waals surface area contributed by atoms with E-state index in [1.54, 1.807) is 0 Å². The molecule has 2 heterocycles. The Hall–Kier alpha value is -4.18. The van der Waals surface area contributed by atoms with Gasteiger partial charge in [0.15, 0.2) is 6.33 Å². The molecular formula is C27H19N4. The van der Waals surface area contributed by atoms with Crippen LogP contribution in [0.15, 0.2) is 103 Å². The molecule has 6 aromatic rings. The number of benzene rings is 4. The first-order valence-electron chi connectivity index (χ1n) is 10.3. The number of nitrogens with zero attached hydrogens (tertiary/aromatic N) is 4. The molecule has 4 aromatic carbocycles. The molecule has 31 heavy (non-hydrogen) atoms. The van der Waals surface area contributed by atoms with Crippen molar-refractivity contribution >= 4 is 22.1 Å². The van der Waals surface area contributed by atoms with Crippen LogP contribution in [0.5, 0.6) is 0 Å². The fourth-order valence-electron chi connectivity index (χ4n) is 4.14. The Morgan fingerprint density at radius 3 is 2.23 bits per heavy atom. The van der Waals surface area contributed by atoms with E-state index in [9.17, 15) is 0 Å². The second-order valence-corrected chi connectivity index (χ2v) is 7.55. The zero-order chi connectivity index (χ0) is 20.6. The molecule has 4 heteroatoms. The molecule has 2 aromatic heterocycles. The van der Waals surface area contributed by atoms with Gasteiger partial charge in [-0.15, -0.1) is 0 Å². The van der Waals surface area contributed by atoms with Gasteiger partial charge in [-0.25, -0.2) is 9.97 Å². The third-order valence-electron chi connectivity index (χ3n) is 5.61. The van der Waals surface area contributed by atoms with Gasteiger partial charge in [-0.3, -0.25) is 4.57 Å².